The molecule has 1 aromatic heterocycles. The van der Waals surface area contributed by atoms with E-state index < -0.39 is 68.8 Å². The van der Waals surface area contributed by atoms with E-state index in [-0.39, 0.29) is 18.4 Å². The molecule has 11 nitrogen and oxygen atoms in total. The Bertz CT molecular complexity index is 1720. The molecule has 0 saturated heterocycles. The van der Waals surface area contributed by atoms with E-state index in [4.69, 9.17) is 5.73 Å². The largest absolute Gasteiger partial charge is 0.404 e. The van der Waals surface area contributed by atoms with Crippen LogP contribution in [-0.4, -0.2) is 61.2 Å². The number of primary amides is 1. The number of H-pyrrole nitrogens is 1. The summed E-state index contributed by atoms with van der Waals surface area (Å²) in [7, 11) is -5.00. The van der Waals surface area contributed by atoms with Crippen LogP contribution in [0.3, 0.4) is 0 Å². The monoisotopic (exact) mass is 651 g/mol. The molecule has 0 fully saturated rings. The minimum absolute atomic E-state index is 0.133. The Morgan fingerprint density at radius 3 is 2.11 bits per heavy atom. The molecule has 2 aromatic carbocycles. The number of fused-ring (bicyclic) bond motifs is 1. The van der Waals surface area contributed by atoms with Crippen LogP contribution in [-0.2, 0) is 37.2 Å². The number of carbonyl (C=O) groups is 3. The van der Waals surface area contributed by atoms with Crippen LogP contribution >= 0.6 is 0 Å². The van der Waals surface area contributed by atoms with E-state index >= 15 is 0 Å². The number of nitrogens with two attached hydrogens (primary N) is 1. The van der Waals surface area contributed by atoms with Gasteiger partial charge in [-0.3, -0.25) is 19.2 Å². The Balaban J connectivity index is 1.90. The van der Waals surface area contributed by atoms with Gasteiger partial charge in [-0.15, -0.1) is 0 Å². The van der Waals surface area contributed by atoms with Gasteiger partial charge in [0, 0.05) is 23.9 Å². The van der Waals surface area contributed by atoms with Gasteiger partial charge < -0.3 is 21.4 Å². The number of aromatic nitrogens is 1. The van der Waals surface area contributed by atoms with Crippen molar-refractivity contribution < 1.29 is 36.0 Å². The van der Waals surface area contributed by atoms with E-state index in [0.717, 1.165) is 5.56 Å². The molecular weight excluding hydrogens is 615 g/mol. The number of aromatic amines is 1. The van der Waals surface area contributed by atoms with Gasteiger partial charge in [0.05, 0.1) is 0 Å². The molecule has 6 N–H and O–H groups in total. The summed E-state index contributed by atoms with van der Waals surface area (Å²) in [5.74, 6) is -5.14. The molecular formula is C30H36F3N5O6S. The number of alkyl halides is 3. The number of rotatable bonds is 12. The molecule has 0 saturated carbocycles. The fraction of sp³-hybridized carbons (Fsp3) is 0.400. The highest BCUT2D eigenvalue weighted by Crippen LogP contribution is 2.23. The summed E-state index contributed by atoms with van der Waals surface area (Å²) >= 11 is 0. The number of pyridine rings is 1. The number of nitrogens with one attached hydrogen (secondary N) is 4. The lowest BCUT2D eigenvalue weighted by Gasteiger charge is -2.32. The third-order valence-electron chi connectivity index (χ3n) is 6.86. The number of hydrogen-bond donors (Lipinski definition) is 5. The first-order valence-electron chi connectivity index (χ1n) is 13.9. The molecule has 1 unspecified atom stereocenters. The third-order valence-corrected chi connectivity index (χ3v) is 8.16. The van der Waals surface area contributed by atoms with Gasteiger partial charge in [-0.1, -0.05) is 62.7 Å². The van der Waals surface area contributed by atoms with Crippen molar-refractivity contribution in [3.63, 3.8) is 0 Å². The average molecular weight is 652 g/mol. The van der Waals surface area contributed by atoms with Crippen LogP contribution in [0.2, 0.25) is 0 Å². The lowest BCUT2D eigenvalue weighted by atomic mass is 9.86. The molecule has 15 heteroatoms. The van der Waals surface area contributed by atoms with Crippen molar-refractivity contribution in [2.24, 2.45) is 11.1 Å². The first kappa shape index (κ1) is 35.2. The zero-order valence-corrected chi connectivity index (χ0v) is 25.9. The smallest absolute Gasteiger partial charge is 0.368 e. The van der Waals surface area contributed by atoms with Crippen molar-refractivity contribution in [2.45, 2.75) is 64.8 Å². The van der Waals surface area contributed by atoms with Crippen molar-refractivity contribution >= 4 is 38.6 Å². The molecule has 0 aliphatic heterocycles. The summed E-state index contributed by atoms with van der Waals surface area (Å²) in [6, 6.07) is 10.8. The van der Waals surface area contributed by atoms with Crippen molar-refractivity contribution in [3.8, 4) is 0 Å². The van der Waals surface area contributed by atoms with E-state index in [1.807, 2.05) is 23.8 Å². The molecule has 3 aromatic rings. The molecule has 0 spiro atoms. The second-order valence-electron chi connectivity index (χ2n) is 11.9. The van der Waals surface area contributed by atoms with Crippen molar-refractivity contribution in [1.82, 2.24) is 20.3 Å². The second kappa shape index (κ2) is 13.8. The number of sulfonamides is 1. The lowest BCUT2D eigenvalue weighted by molar-refractivity contribution is -0.132. The summed E-state index contributed by atoms with van der Waals surface area (Å²) in [5, 5.41) is 5.58. The van der Waals surface area contributed by atoms with Crippen LogP contribution < -0.4 is 26.6 Å². The highest BCUT2D eigenvalue weighted by molar-refractivity contribution is 7.89. The van der Waals surface area contributed by atoms with E-state index in [1.54, 1.807) is 42.5 Å². The van der Waals surface area contributed by atoms with Gasteiger partial charge >= 0.3 is 6.18 Å². The first-order valence-corrected chi connectivity index (χ1v) is 15.5. The van der Waals surface area contributed by atoms with Crippen LogP contribution in [0.5, 0.6) is 0 Å². The molecule has 0 aliphatic rings. The van der Waals surface area contributed by atoms with Crippen molar-refractivity contribution in [1.29, 1.82) is 0 Å². The normalized spacial score (nSPS) is 14.4. The maximum Gasteiger partial charge on any atom is 0.404 e. The van der Waals surface area contributed by atoms with Crippen molar-refractivity contribution in [3.05, 3.63) is 81.6 Å². The SMILES string of the molecule is Cc1ccc2[nH]c(=O)c(CC(NC(=O)[C@H](Cc3ccccc3)NC(=O)[C@@H](NS(=O)(=O)CC(F)(F)F)C(C)(C)C)C(N)=O)cc2c1. The Morgan fingerprint density at radius 2 is 1.53 bits per heavy atom. The standard InChI is InChI=1S/C30H36F3N5O6S/c1-17-10-11-21-19(12-17)14-20(26(40)35-21)15-22(25(34)39)36-27(41)23(13-18-8-6-5-7-9-18)37-28(42)24(29(2,3)4)38-45(43,44)16-30(31,32)33/h5-12,14,22-24,38H,13,15-16H2,1-4H3,(H2,34,39)(H,35,40)(H,36,41)(H,37,42)/t22?,23-,24+/m0/s1. The predicted molar refractivity (Wildman–Crippen MR) is 162 cm³/mol. The Morgan fingerprint density at radius 1 is 0.911 bits per heavy atom. The minimum Gasteiger partial charge on any atom is -0.368 e. The number of benzene rings is 2. The van der Waals surface area contributed by atoms with E-state index in [9.17, 15) is 40.8 Å². The van der Waals surface area contributed by atoms with Gasteiger partial charge in [-0.2, -0.15) is 13.2 Å². The topological polar surface area (TPSA) is 180 Å². The molecule has 3 atom stereocenters. The lowest BCUT2D eigenvalue weighted by Crippen LogP contribution is -2.60. The predicted octanol–water partition coefficient (Wildman–Crippen LogP) is 1.97. The van der Waals surface area contributed by atoms with Crippen LogP contribution in [0.1, 0.15) is 37.5 Å². The van der Waals surface area contributed by atoms with E-state index in [0.29, 0.717) is 16.5 Å². The fourth-order valence-electron chi connectivity index (χ4n) is 4.61. The maximum atomic E-state index is 13.6. The van der Waals surface area contributed by atoms with E-state index in [2.05, 4.69) is 15.6 Å². The van der Waals surface area contributed by atoms with E-state index in [1.165, 1.54) is 20.8 Å². The molecule has 3 rings (SSSR count). The summed E-state index contributed by atoms with van der Waals surface area (Å²) in [4.78, 5) is 54.9. The Kier molecular flexibility index (Phi) is 10.8. The Labute approximate surface area is 258 Å². The van der Waals surface area contributed by atoms with Crippen LogP contribution in [0.15, 0.2) is 59.4 Å². The van der Waals surface area contributed by atoms with Gasteiger partial charge in [-0.05, 0) is 41.5 Å². The highest BCUT2D eigenvalue weighted by atomic mass is 32.2. The maximum absolute atomic E-state index is 13.6. The molecule has 0 radical (unpaired) electrons. The number of amides is 3. The van der Waals surface area contributed by atoms with Gasteiger partial charge in [0.15, 0.2) is 5.75 Å². The summed E-state index contributed by atoms with van der Waals surface area (Å²) < 4.78 is 65.0. The third kappa shape index (κ3) is 10.4. The van der Waals surface area contributed by atoms with Crippen molar-refractivity contribution in [2.75, 3.05) is 5.75 Å². The summed E-state index contributed by atoms with van der Waals surface area (Å²) in [6.07, 6.45) is -5.48. The number of hydrogen-bond acceptors (Lipinski definition) is 6. The highest BCUT2D eigenvalue weighted by Gasteiger charge is 2.41. The molecule has 3 amide bonds. The van der Waals surface area contributed by atoms with Crippen LogP contribution in [0, 0.1) is 12.3 Å². The molecule has 0 bridgehead atoms. The zero-order chi connectivity index (χ0) is 33.7. The number of halogens is 3. The molecule has 244 valence electrons. The molecule has 1 heterocycles. The zero-order valence-electron chi connectivity index (χ0n) is 25.1. The minimum atomic E-state index is -5.06. The van der Waals surface area contributed by atoms with Gasteiger partial charge in [0.2, 0.25) is 27.7 Å². The average Bonchev–Trinajstić information content (AvgIpc) is 2.90. The fourth-order valence-corrected chi connectivity index (χ4v) is 5.95. The molecule has 0 aliphatic carbocycles. The first-order chi connectivity index (χ1) is 20.7. The van der Waals surface area contributed by atoms with Gasteiger partial charge in [0.25, 0.3) is 5.56 Å². The van der Waals surface area contributed by atoms with Gasteiger partial charge in [-0.25, -0.2) is 13.1 Å². The molecule has 45 heavy (non-hydrogen) atoms. The summed E-state index contributed by atoms with van der Waals surface area (Å²) in [6.45, 7) is 6.17. The van der Waals surface area contributed by atoms with Gasteiger partial charge in [0.1, 0.15) is 18.1 Å². The number of carbonyl (C=O) groups excluding carboxylic acids is 3. The van der Waals surface area contributed by atoms with Crippen LogP contribution in [0.25, 0.3) is 10.9 Å². The summed E-state index contributed by atoms with van der Waals surface area (Å²) in [5.41, 5.74) is 6.08. The quantitative estimate of drug-likeness (QED) is 0.200. The Hall–Kier alpha value is -4.24. The number of aryl methyl sites for hydroxylation is 1. The van der Waals surface area contributed by atoms with Crippen LogP contribution in [0.4, 0.5) is 13.2 Å². The second-order valence-corrected chi connectivity index (χ2v) is 13.7.